The molecule has 3 aromatic rings. The van der Waals surface area contributed by atoms with E-state index in [4.69, 9.17) is 16.3 Å². The normalized spacial score (nSPS) is 10.4. The zero-order valence-electron chi connectivity index (χ0n) is 13.2. The summed E-state index contributed by atoms with van der Waals surface area (Å²) in [7, 11) is 0. The second kappa shape index (κ2) is 7.28. The van der Waals surface area contributed by atoms with Crippen LogP contribution in [0.1, 0.15) is 22.8 Å². The van der Waals surface area contributed by atoms with Crippen LogP contribution in [-0.4, -0.2) is 10.8 Å². The number of nitrogens with zero attached hydrogens (tertiary/aromatic N) is 1. The molecule has 3 nitrogen and oxygen atoms in total. The van der Waals surface area contributed by atoms with Gasteiger partial charge in [-0.2, -0.15) is 0 Å². The Labute approximate surface area is 145 Å². The number of benzene rings is 2. The summed E-state index contributed by atoms with van der Waals surface area (Å²) in [5.41, 5.74) is 3.40. The van der Waals surface area contributed by atoms with Crippen LogP contribution < -0.4 is 4.74 Å². The van der Waals surface area contributed by atoms with E-state index in [-0.39, 0.29) is 5.78 Å². The Bertz CT molecular complexity index is 845. The molecule has 0 amide bonds. The molecule has 0 radical (unpaired) electrons. The second-order valence-electron chi connectivity index (χ2n) is 5.41. The maximum Gasteiger partial charge on any atom is 0.213 e. The predicted molar refractivity (Wildman–Crippen MR) is 95.5 cm³/mol. The zero-order chi connectivity index (χ0) is 16.9. The molecule has 0 N–H and O–H groups in total. The third-order valence-electron chi connectivity index (χ3n) is 3.65. The Kier molecular flexibility index (Phi) is 4.92. The summed E-state index contributed by atoms with van der Waals surface area (Å²) in [6, 6.07) is 18.9. The first kappa shape index (κ1) is 16.2. The maximum absolute atomic E-state index is 11.4. The average Bonchev–Trinajstić information content (AvgIpc) is 2.61. The van der Waals surface area contributed by atoms with E-state index in [1.165, 1.54) is 6.92 Å². The highest BCUT2D eigenvalue weighted by molar-refractivity contribution is 6.33. The summed E-state index contributed by atoms with van der Waals surface area (Å²) in [6.07, 6.45) is 1.72. The van der Waals surface area contributed by atoms with Crippen LogP contribution in [0.3, 0.4) is 0 Å². The second-order valence-corrected chi connectivity index (χ2v) is 5.82. The van der Waals surface area contributed by atoms with Crippen LogP contribution in [0.15, 0.2) is 66.9 Å². The summed E-state index contributed by atoms with van der Waals surface area (Å²) in [5.74, 6) is 0.547. The van der Waals surface area contributed by atoms with E-state index < -0.39 is 0 Å². The third kappa shape index (κ3) is 3.81. The van der Waals surface area contributed by atoms with Gasteiger partial charge in [-0.15, -0.1) is 0 Å². The lowest BCUT2D eigenvalue weighted by molar-refractivity contribution is 0.101. The lowest BCUT2D eigenvalue weighted by atomic mass is 10.0. The highest BCUT2D eigenvalue weighted by Crippen LogP contribution is 2.29. The molecular formula is C20H16ClNO2. The van der Waals surface area contributed by atoms with Crippen LogP contribution in [0.5, 0.6) is 5.88 Å². The summed E-state index contributed by atoms with van der Waals surface area (Å²) >= 11 is 6.28. The molecule has 120 valence electrons. The van der Waals surface area contributed by atoms with Crippen molar-refractivity contribution in [2.75, 3.05) is 0 Å². The molecule has 0 spiro atoms. The van der Waals surface area contributed by atoms with Crippen molar-refractivity contribution in [2.24, 2.45) is 0 Å². The van der Waals surface area contributed by atoms with Gasteiger partial charge in [0.15, 0.2) is 5.78 Å². The molecule has 3 rings (SSSR count). The maximum atomic E-state index is 11.4. The standard InChI is InChI=1S/C20H16ClNO2/c1-14(23)16-7-9-18(19(21)11-16)17-8-10-20(22-12-17)24-13-15-5-3-2-4-6-15/h2-12H,13H2,1H3. The molecule has 4 heteroatoms. The molecule has 1 heterocycles. The number of aromatic nitrogens is 1. The molecule has 0 aliphatic heterocycles. The van der Waals surface area contributed by atoms with Gasteiger partial charge in [0.1, 0.15) is 6.61 Å². The van der Waals surface area contributed by atoms with Crippen LogP contribution >= 0.6 is 11.6 Å². The fraction of sp³-hybridized carbons (Fsp3) is 0.100. The van der Waals surface area contributed by atoms with E-state index in [2.05, 4.69) is 4.98 Å². The number of halogens is 1. The molecule has 0 saturated heterocycles. The Morgan fingerprint density at radius 1 is 1.08 bits per heavy atom. The Hall–Kier alpha value is -2.65. The molecular weight excluding hydrogens is 322 g/mol. The monoisotopic (exact) mass is 337 g/mol. The van der Waals surface area contributed by atoms with Crippen LogP contribution in [0.2, 0.25) is 5.02 Å². The quantitative estimate of drug-likeness (QED) is 0.602. The number of carbonyl (C=O) groups is 1. The minimum atomic E-state index is -0.00812. The molecule has 2 aromatic carbocycles. The lowest BCUT2D eigenvalue weighted by Gasteiger charge is -2.08. The number of Topliss-reactive ketones (excluding diaryl/α,β-unsaturated/α-hetero) is 1. The topological polar surface area (TPSA) is 39.2 Å². The SMILES string of the molecule is CC(=O)c1ccc(-c2ccc(OCc3ccccc3)nc2)c(Cl)c1. The van der Waals surface area contributed by atoms with Crippen molar-refractivity contribution >= 4 is 17.4 Å². The Morgan fingerprint density at radius 2 is 1.88 bits per heavy atom. The number of hydrogen-bond acceptors (Lipinski definition) is 3. The van der Waals surface area contributed by atoms with Crippen LogP contribution in [0.4, 0.5) is 0 Å². The van der Waals surface area contributed by atoms with Crippen LogP contribution in [-0.2, 0) is 6.61 Å². The molecule has 0 saturated carbocycles. The van der Waals surface area contributed by atoms with E-state index >= 15 is 0 Å². The molecule has 0 aliphatic rings. The number of rotatable bonds is 5. The fourth-order valence-corrected chi connectivity index (χ4v) is 2.61. The Morgan fingerprint density at radius 3 is 2.50 bits per heavy atom. The molecule has 0 atom stereocenters. The number of pyridine rings is 1. The summed E-state index contributed by atoms with van der Waals surface area (Å²) < 4.78 is 5.67. The first-order chi connectivity index (χ1) is 11.6. The Balaban J connectivity index is 1.73. The van der Waals surface area contributed by atoms with Gasteiger partial charge in [0.05, 0.1) is 0 Å². The molecule has 0 bridgehead atoms. The minimum absolute atomic E-state index is 0.00812. The van der Waals surface area contributed by atoms with Gasteiger partial charge in [0, 0.05) is 34.0 Å². The van der Waals surface area contributed by atoms with Gasteiger partial charge in [-0.3, -0.25) is 4.79 Å². The molecule has 1 aromatic heterocycles. The first-order valence-electron chi connectivity index (χ1n) is 7.57. The lowest BCUT2D eigenvalue weighted by Crippen LogP contribution is -1.97. The molecule has 0 aliphatic carbocycles. The van der Waals surface area contributed by atoms with E-state index in [1.807, 2.05) is 48.5 Å². The van der Waals surface area contributed by atoms with Crippen molar-refractivity contribution in [3.8, 4) is 17.0 Å². The third-order valence-corrected chi connectivity index (χ3v) is 3.97. The largest absolute Gasteiger partial charge is 0.473 e. The van der Waals surface area contributed by atoms with E-state index in [9.17, 15) is 4.79 Å². The van der Waals surface area contributed by atoms with Crippen LogP contribution in [0.25, 0.3) is 11.1 Å². The van der Waals surface area contributed by atoms with Crippen molar-refractivity contribution in [3.63, 3.8) is 0 Å². The van der Waals surface area contributed by atoms with Gasteiger partial charge < -0.3 is 4.74 Å². The number of ether oxygens (including phenoxy) is 1. The van der Waals surface area contributed by atoms with E-state index in [0.29, 0.717) is 23.1 Å². The molecule has 0 fully saturated rings. The van der Waals surface area contributed by atoms with Crippen molar-refractivity contribution in [2.45, 2.75) is 13.5 Å². The van der Waals surface area contributed by atoms with Gasteiger partial charge in [-0.1, -0.05) is 54.1 Å². The average molecular weight is 338 g/mol. The van der Waals surface area contributed by atoms with Crippen molar-refractivity contribution < 1.29 is 9.53 Å². The van der Waals surface area contributed by atoms with Crippen LogP contribution in [0, 0.1) is 0 Å². The predicted octanol–water partition coefficient (Wildman–Crippen LogP) is 5.18. The van der Waals surface area contributed by atoms with Gasteiger partial charge in [0.2, 0.25) is 5.88 Å². The summed E-state index contributed by atoms with van der Waals surface area (Å²) in [5, 5.41) is 0.530. The van der Waals surface area contributed by atoms with Gasteiger partial charge >= 0.3 is 0 Å². The van der Waals surface area contributed by atoms with Crippen molar-refractivity contribution in [3.05, 3.63) is 83.0 Å². The van der Waals surface area contributed by atoms with Crippen molar-refractivity contribution in [1.82, 2.24) is 4.98 Å². The highest BCUT2D eigenvalue weighted by Gasteiger charge is 2.08. The molecule has 0 unspecified atom stereocenters. The van der Waals surface area contributed by atoms with Gasteiger partial charge in [-0.05, 0) is 24.6 Å². The first-order valence-corrected chi connectivity index (χ1v) is 7.95. The van der Waals surface area contributed by atoms with E-state index in [1.54, 1.807) is 18.3 Å². The fourth-order valence-electron chi connectivity index (χ4n) is 2.32. The number of hydrogen-bond donors (Lipinski definition) is 0. The van der Waals surface area contributed by atoms with Crippen molar-refractivity contribution in [1.29, 1.82) is 0 Å². The van der Waals surface area contributed by atoms with Gasteiger partial charge in [-0.25, -0.2) is 4.98 Å². The number of carbonyl (C=O) groups excluding carboxylic acids is 1. The van der Waals surface area contributed by atoms with E-state index in [0.717, 1.165) is 16.7 Å². The van der Waals surface area contributed by atoms with Gasteiger partial charge in [0.25, 0.3) is 0 Å². The highest BCUT2D eigenvalue weighted by atomic mass is 35.5. The minimum Gasteiger partial charge on any atom is -0.473 e. The molecule has 24 heavy (non-hydrogen) atoms. The zero-order valence-corrected chi connectivity index (χ0v) is 14.0. The summed E-state index contributed by atoms with van der Waals surface area (Å²) in [4.78, 5) is 15.7. The smallest absolute Gasteiger partial charge is 0.213 e. The summed E-state index contributed by atoms with van der Waals surface area (Å²) in [6.45, 7) is 1.99. The number of ketones is 1.